The molecule has 3 aromatic rings. The van der Waals surface area contributed by atoms with E-state index in [2.05, 4.69) is 0 Å². The number of carbonyl (C=O) groups excluding carboxylic acids is 1. The van der Waals surface area contributed by atoms with Gasteiger partial charge < -0.3 is 9.15 Å². The number of thiophene rings is 1. The molecule has 0 amide bonds. The van der Waals surface area contributed by atoms with Crippen molar-refractivity contribution in [3.8, 4) is 0 Å². The quantitative estimate of drug-likeness (QED) is 0.388. The molecule has 1 aliphatic rings. The van der Waals surface area contributed by atoms with Gasteiger partial charge in [-0.15, -0.1) is 11.3 Å². The summed E-state index contributed by atoms with van der Waals surface area (Å²) in [6, 6.07) is 8.55. The fraction of sp³-hybridized carbons (Fsp3) is 0.368. The number of aromatic nitrogens is 1. The molecule has 0 radical (unpaired) electrons. The van der Waals surface area contributed by atoms with E-state index in [1.54, 1.807) is 35.3 Å². The normalized spacial score (nSPS) is 15.5. The van der Waals surface area contributed by atoms with Crippen LogP contribution in [0.4, 0.5) is 0 Å². The van der Waals surface area contributed by atoms with E-state index in [1.807, 2.05) is 6.07 Å². The van der Waals surface area contributed by atoms with Gasteiger partial charge in [-0.3, -0.25) is 4.57 Å². The number of benzene rings is 1. The molecule has 3 heterocycles. The van der Waals surface area contributed by atoms with Crippen LogP contribution < -0.4 is 5.76 Å². The Morgan fingerprint density at radius 2 is 1.93 bits per heavy atom. The molecule has 0 atom stereocenters. The molecule has 8 nitrogen and oxygen atoms in total. The molecule has 2 aromatic heterocycles. The van der Waals surface area contributed by atoms with Crippen LogP contribution in [0.1, 0.15) is 16.1 Å². The zero-order chi connectivity index (χ0) is 21.1. The van der Waals surface area contributed by atoms with Gasteiger partial charge in [-0.2, -0.15) is 16.1 Å². The number of aryl methyl sites for hydroxylation is 1. The van der Waals surface area contributed by atoms with Crippen LogP contribution >= 0.6 is 23.1 Å². The number of oxazole rings is 1. The summed E-state index contributed by atoms with van der Waals surface area (Å²) in [6.07, 6.45) is 0.395. The van der Waals surface area contributed by atoms with E-state index in [-0.39, 0.29) is 16.4 Å². The Hall–Kier alpha value is -2.08. The monoisotopic (exact) mass is 468 g/mol. The lowest BCUT2D eigenvalue weighted by atomic mass is 10.3. The molecule has 1 aromatic carbocycles. The Labute approximate surface area is 181 Å². The van der Waals surface area contributed by atoms with Crippen LogP contribution in [-0.2, 0) is 21.3 Å². The smallest absolute Gasteiger partial charge is 0.419 e. The minimum Gasteiger partial charge on any atom is -0.461 e. The van der Waals surface area contributed by atoms with Crippen LogP contribution in [0.15, 0.2) is 49.8 Å². The van der Waals surface area contributed by atoms with Crippen molar-refractivity contribution >= 4 is 50.2 Å². The van der Waals surface area contributed by atoms with Crippen LogP contribution in [0.25, 0.3) is 11.1 Å². The first-order valence-corrected chi connectivity index (χ1v) is 12.9. The molecule has 0 bridgehead atoms. The number of carbonyl (C=O) groups is 1. The van der Waals surface area contributed by atoms with Crippen LogP contribution in [0, 0.1) is 0 Å². The number of thioether (sulfide) groups is 1. The molecule has 1 fully saturated rings. The first kappa shape index (κ1) is 21.2. The third-order valence-electron chi connectivity index (χ3n) is 4.74. The third-order valence-corrected chi connectivity index (χ3v) is 8.64. The lowest BCUT2D eigenvalue weighted by molar-refractivity contribution is 0.0497. The second-order valence-corrected chi connectivity index (χ2v) is 10.7. The van der Waals surface area contributed by atoms with E-state index >= 15 is 0 Å². The van der Waals surface area contributed by atoms with Crippen molar-refractivity contribution in [3.05, 3.63) is 51.1 Å². The molecule has 1 aliphatic heterocycles. The van der Waals surface area contributed by atoms with Gasteiger partial charge in [0.25, 0.3) is 0 Å². The van der Waals surface area contributed by atoms with Gasteiger partial charge in [0.2, 0.25) is 10.0 Å². The maximum atomic E-state index is 12.9. The molecule has 1 saturated heterocycles. The molecule has 0 aliphatic carbocycles. The summed E-state index contributed by atoms with van der Waals surface area (Å²) >= 11 is 2.76. The van der Waals surface area contributed by atoms with E-state index in [0.29, 0.717) is 37.2 Å². The number of hydrogen-bond acceptors (Lipinski definition) is 8. The Balaban J connectivity index is 1.39. The summed E-state index contributed by atoms with van der Waals surface area (Å²) in [4.78, 5) is 24.6. The van der Waals surface area contributed by atoms with Crippen LogP contribution in [0.3, 0.4) is 0 Å². The Morgan fingerprint density at radius 1 is 1.17 bits per heavy atom. The molecule has 0 saturated carbocycles. The van der Waals surface area contributed by atoms with Crippen LogP contribution in [0.5, 0.6) is 0 Å². The Bertz CT molecular complexity index is 1200. The van der Waals surface area contributed by atoms with Crippen molar-refractivity contribution in [3.63, 3.8) is 0 Å². The number of hydrogen-bond donors (Lipinski definition) is 0. The Kier molecular flexibility index (Phi) is 6.32. The molecular weight excluding hydrogens is 448 g/mol. The van der Waals surface area contributed by atoms with Gasteiger partial charge in [-0.05, 0) is 30.0 Å². The topological polar surface area (TPSA) is 98.8 Å². The minimum atomic E-state index is -3.72. The van der Waals surface area contributed by atoms with Gasteiger partial charge in [0, 0.05) is 31.1 Å². The number of para-hydroxylation sites is 2. The molecule has 160 valence electrons. The number of ether oxygens (including phenoxy) is 1. The zero-order valence-electron chi connectivity index (χ0n) is 16.0. The summed E-state index contributed by atoms with van der Waals surface area (Å²) < 4.78 is 39.1. The maximum absolute atomic E-state index is 12.9. The third kappa shape index (κ3) is 4.20. The molecule has 0 unspecified atom stereocenters. The minimum absolute atomic E-state index is 0.00134. The highest BCUT2D eigenvalue weighted by Gasteiger charge is 2.31. The summed E-state index contributed by atoms with van der Waals surface area (Å²) in [5.74, 6) is 0.351. The zero-order valence-corrected chi connectivity index (χ0v) is 18.4. The van der Waals surface area contributed by atoms with Crippen molar-refractivity contribution in [1.29, 1.82) is 0 Å². The number of nitrogens with zero attached hydrogens (tertiary/aromatic N) is 2. The van der Waals surface area contributed by atoms with Gasteiger partial charge in [0.1, 0.15) is 9.77 Å². The molecule has 30 heavy (non-hydrogen) atoms. The summed E-state index contributed by atoms with van der Waals surface area (Å²) in [7, 11) is -3.72. The number of fused-ring (bicyclic) bond motifs is 1. The van der Waals surface area contributed by atoms with Gasteiger partial charge in [-0.1, -0.05) is 12.1 Å². The fourth-order valence-electron chi connectivity index (χ4n) is 3.25. The number of rotatable bonds is 7. The standard InChI is InChI=1S/C19H20N2O6S3/c22-18(17-16(6-11-29-17)30(24,25)20-8-12-28-13-9-20)26-10-3-7-21-14-4-1-2-5-15(14)27-19(21)23/h1-2,4-6,11H,3,7-10,12-13H2. The molecule has 0 spiro atoms. The van der Waals surface area contributed by atoms with Gasteiger partial charge in [0.15, 0.2) is 5.58 Å². The lowest BCUT2D eigenvalue weighted by Gasteiger charge is -2.25. The second-order valence-electron chi connectivity index (χ2n) is 6.61. The van der Waals surface area contributed by atoms with Crippen molar-refractivity contribution in [2.75, 3.05) is 31.2 Å². The average Bonchev–Trinajstić information content (AvgIpc) is 3.37. The predicted molar refractivity (Wildman–Crippen MR) is 116 cm³/mol. The molecule has 4 rings (SSSR count). The largest absolute Gasteiger partial charge is 0.461 e. The van der Waals surface area contributed by atoms with E-state index in [0.717, 1.165) is 22.8 Å². The highest BCUT2D eigenvalue weighted by atomic mass is 32.2. The van der Waals surface area contributed by atoms with Crippen LogP contribution in [-0.4, -0.2) is 54.5 Å². The second kappa shape index (κ2) is 8.96. The van der Waals surface area contributed by atoms with E-state index in [9.17, 15) is 18.0 Å². The van der Waals surface area contributed by atoms with E-state index < -0.39 is 21.7 Å². The molecular formula is C19H20N2O6S3. The van der Waals surface area contributed by atoms with Crippen molar-refractivity contribution in [2.24, 2.45) is 0 Å². The molecule has 11 heteroatoms. The van der Waals surface area contributed by atoms with Crippen LogP contribution in [0.2, 0.25) is 0 Å². The van der Waals surface area contributed by atoms with Gasteiger partial charge in [0.05, 0.1) is 12.1 Å². The highest BCUT2D eigenvalue weighted by Crippen LogP contribution is 2.27. The van der Waals surface area contributed by atoms with Gasteiger partial charge in [-0.25, -0.2) is 18.0 Å². The molecule has 0 N–H and O–H groups in total. The summed E-state index contributed by atoms with van der Waals surface area (Å²) in [5, 5.41) is 1.58. The van der Waals surface area contributed by atoms with Crippen molar-refractivity contribution in [2.45, 2.75) is 17.9 Å². The lowest BCUT2D eigenvalue weighted by Crippen LogP contribution is -2.38. The number of esters is 1. The maximum Gasteiger partial charge on any atom is 0.419 e. The highest BCUT2D eigenvalue weighted by molar-refractivity contribution is 7.99. The summed E-state index contributed by atoms with van der Waals surface area (Å²) in [5.41, 5.74) is 1.18. The predicted octanol–water partition coefficient (Wildman–Crippen LogP) is 2.64. The first-order valence-electron chi connectivity index (χ1n) is 9.39. The van der Waals surface area contributed by atoms with Crippen molar-refractivity contribution in [1.82, 2.24) is 8.87 Å². The number of sulfonamides is 1. The average molecular weight is 469 g/mol. The van der Waals surface area contributed by atoms with E-state index in [4.69, 9.17) is 9.15 Å². The van der Waals surface area contributed by atoms with Gasteiger partial charge >= 0.3 is 11.7 Å². The fourth-order valence-corrected chi connectivity index (χ4v) is 7.11. The van der Waals surface area contributed by atoms with Crippen molar-refractivity contribution < 1.29 is 22.4 Å². The Morgan fingerprint density at radius 3 is 2.73 bits per heavy atom. The first-order chi connectivity index (χ1) is 14.5. The summed E-state index contributed by atoms with van der Waals surface area (Å²) in [6.45, 7) is 1.25. The van der Waals surface area contributed by atoms with E-state index in [1.165, 1.54) is 14.9 Å². The SMILES string of the molecule is O=C(OCCCn1c(=O)oc2ccccc21)c1sccc1S(=O)(=O)N1CCSCC1.